The molecule has 1 saturated heterocycles. The molecule has 1 aromatic heterocycles. The molecule has 1 aliphatic carbocycles. The highest BCUT2D eigenvalue weighted by atomic mass is 35.5. The largest absolute Gasteiger partial charge is 0.381 e. The van der Waals surface area contributed by atoms with E-state index in [-0.39, 0.29) is 5.41 Å². The van der Waals surface area contributed by atoms with Gasteiger partial charge in [-0.1, -0.05) is 41.0 Å². The average molecular weight is 410 g/mol. The minimum atomic E-state index is 0.246. The average Bonchev–Trinajstić information content (AvgIpc) is 2.65. The number of nitrogens with two attached hydrogens (primary N) is 2. The van der Waals surface area contributed by atoms with Gasteiger partial charge in [0.1, 0.15) is 10.8 Å². The van der Waals surface area contributed by atoms with Gasteiger partial charge in [-0.15, -0.1) is 0 Å². The van der Waals surface area contributed by atoms with Gasteiger partial charge in [-0.2, -0.15) is 0 Å². The first-order valence-corrected chi connectivity index (χ1v) is 10.3. The first-order valence-electron chi connectivity index (χ1n) is 8.73. The van der Waals surface area contributed by atoms with Crippen molar-refractivity contribution in [3.63, 3.8) is 0 Å². The Balaban J connectivity index is 1.53. The molecule has 1 aromatic carbocycles. The minimum Gasteiger partial charge on any atom is -0.381 e. The Labute approximate surface area is 167 Å². The van der Waals surface area contributed by atoms with Crippen molar-refractivity contribution >= 4 is 46.6 Å². The van der Waals surface area contributed by atoms with Crippen molar-refractivity contribution in [1.82, 2.24) is 9.97 Å². The number of rotatable bonds is 3. The number of benzene rings is 1. The lowest BCUT2D eigenvalue weighted by Crippen LogP contribution is -2.59. The maximum absolute atomic E-state index is 6.28. The van der Waals surface area contributed by atoms with Crippen LogP contribution in [0.15, 0.2) is 34.3 Å². The summed E-state index contributed by atoms with van der Waals surface area (Å²) in [7, 11) is 0. The third-order valence-corrected chi connectivity index (χ3v) is 7.55. The third kappa shape index (κ3) is 3.24. The minimum absolute atomic E-state index is 0.246. The second-order valence-electron chi connectivity index (χ2n) is 7.11. The summed E-state index contributed by atoms with van der Waals surface area (Å²) in [5, 5.41) is 1.64. The normalized spacial score (nSPS) is 25.3. The summed E-state index contributed by atoms with van der Waals surface area (Å²) < 4.78 is 0. The van der Waals surface area contributed by atoms with Crippen LogP contribution in [-0.2, 0) is 0 Å². The van der Waals surface area contributed by atoms with Crippen molar-refractivity contribution in [3.8, 4) is 0 Å². The Hall–Kier alpha value is -1.21. The van der Waals surface area contributed by atoms with Crippen LogP contribution < -0.4 is 16.4 Å². The first-order chi connectivity index (χ1) is 12.5. The number of aromatic nitrogens is 2. The first kappa shape index (κ1) is 18.2. The van der Waals surface area contributed by atoms with Gasteiger partial charge in [-0.05, 0) is 37.8 Å². The smallest absolute Gasteiger partial charge is 0.158 e. The molecule has 0 radical (unpaired) electrons. The molecule has 2 aliphatic rings. The fraction of sp³-hybridized carbons (Fsp3) is 0.444. The molecule has 8 heteroatoms. The zero-order chi connectivity index (χ0) is 18.3. The van der Waals surface area contributed by atoms with Gasteiger partial charge in [-0.25, -0.2) is 9.97 Å². The second-order valence-corrected chi connectivity index (χ2v) is 8.92. The van der Waals surface area contributed by atoms with Gasteiger partial charge in [0, 0.05) is 29.4 Å². The van der Waals surface area contributed by atoms with E-state index in [0.717, 1.165) is 36.6 Å². The maximum Gasteiger partial charge on any atom is 0.158 e. The fourth-order valence-corrected chi connectivity index (χ4v) is 5.14. The van der Waals surface area contributed by atoms with Crippen molar-refractivity contribution in [2.75, 3.05) is 23.7 Å². The summed E-state index contributed by atoms with van der Waals surface area (Å²) in [6, 6.07) is 5.79. The summed E-state index contributed by atoms with van der Waals surface area (Å²) in [6.07, 6.45) is 6.45. The molecule has 0 amide bonds. The van der Waals surface area contributed by atoms with Crippen LogP contribution in [0.4, 0.5) is 11.6 Å². The molecular weight excluding hydrogens is 389 g/mol. The predicted octanol–water partition coefficient (Wildman–Crippen LogP) is 4.22. The van der Waals surface area contributed by atoms with Crippen LogP contribution >= 0.6 is 35.0 Å². The maximum atomic E-state index is 6.28. The van der Waals surface area contributed by atoms with E-state index in [1.54, 1.807) is 12.3 Å². The lowest BCUT2D eigenvalue weighted by atomic mass is 9.61. The number of hydrogen-bond donors (Lipinski definition) is 2. The van der Waals surface area contributed by atoms with Gasteiger partial charge in [0.25, 0.3) is 0 Å². The molecule has 2 fully saturated rings. The van der Waals surface area contributed by atoms with E-state index < -0.39 is 0 Å². The number of halogens is 2. The van der Waals surface area contributed by atoms with Crippen molar-refractivity contribution < 1.29 is 0 Å². The molecule has 4 N–H and O–H groups in total. The molecule has 1 saturated carbocycles. The highest BCUT2D eigenvalue weighted by Gasteiger charge is 2.47. The van der Waals surface area contributed by atoms with E-state index in [2.05, 4.69) is 14.9 Å². The van der Waals surface area contributed by atoms with E-state index in [9.17, 15) is 0 Å². The van der Waals surface area contributed by atoms with Gasteiger partial charge in [0.15, 0.2) is 5.82 Å². The van der Waals surface area contributed by atoms with Crippen LogP contribution in [-0.4, -0.2) is 29.1 Å². The Bertz CT molecular complexity index is 833. The summed E-state index contributed by atoms with van der Waals surface area (Å²) in [6.45, 7) is 1.91. The van der Waals surface area contributed by atoms with Crippen molar-refractivity contribution in [2.24, 2.45) is 11.1 Å². The van der Waals surface area contributed by atoms with E-state index in [1.807, 2.05) is 12.1 Å². The summed E-state index contributed by atoms with van der Waals surface area (Å²) in [5.41, 5.74) is 12.7. The lowest BCUT2D eigenvalue weighted by molar-refractivity contribution is 0.0723. The molecule has 26 heavy (non-hydrogen) atoms. The lowest BCUT2D eigenvalue weighted by Gasteiger charge is -2.53. The number of hydrogen-bond acceptors (Lipinski definition) is 6. The number of nitrogen functional groups attached to an aromatic ring is 1. The molecule has 2 heterocycles. The van der Waals surface area contributed by atoms with Crippen LogP contribution in [0.3, 0.4) is 0 Å². The summed E-state index contributed by atoms with van der Waals surface area (Å²) in [5.74, 6) is 1.23. The SMILES string of the molecule is Nc1nc(N2CCC[C@]3(CC[C@H]3N)C2)cnc1Sc1cccc(Cl)c1Cl. The molecule has 2 aromatic rings. The highest BCUT2D eigenvalue weighted by molar-refractivity contribution is 7.99. The molecule has 138 valence electrons. The Morgan fingerprint density at radius 3 is 2.81 bits per heavy atom. The quantitative estimate of drug-likeness (QED) is 0.789. The highest BCUT2D eigenvalue weighted by Crippen LogP contribution is 2.47. The van der Waals surface area contributed by atoms with Gasteiger partial charge < -0.3 is 16.4 Å². The third-order valence-electron chi connectivity index (χ3n) is 5.55. The van der Waals surface area contributed by atoms with Crippen LogP contribution in [0, 0.1) is 5.41 Å². The van der Waals surface area contributed by atoms with Crippen molar-refractivity contribution in [2.45, 2.75) is 41.6 Å². The predicted molar refractivity (Wildman–Crippen MR) is 108 cm³/mol. The molecule has 2 atom stereocenters. The van der Waals surface area contributed by atoms with Gasteiger partial charge in [0.2, 0.25) is 0 Å². The number of nitrogens with zero attached hydrogens (tertiary/aromatic N) is 3. The Morgan fingerprint density at radius 2 is 2.12 bits per heavy atom. The second kappa shape index (κ2) is 7.08. The van der Waals surface area contributed by atoms with Crippen molar-refractivity contribution in [3.05, 3.63) is 34.4 Å². The summed E-state index contributed by atoms with van der Waals surface area (Å²) >= 11 is 13.7. The molecule has 0 unspecified atom stereocenters. The van der Waals surface area contributed by atoms with Crippen LogP contribution in [0.2, 0.25) is 10.0 Å². The van der Waals surface area contributed by atoms with Crippen LogP contribution in [0.1, 0.15) is 25.7 Å². The number of anilines is 2. The molecule has 5 nitrogen and oxygen atoms in total. The number of piperidine rings is 1. The van der Waals surface area contributed by atoms with Crippen LogP contribution in [0.25, 0.3) is 0 Å². The van der Waals surface area contributed by atoms with E-state index >= 15 is 0 Å². The zero-order valence-electron chi connectivity index (χ0n) is 14.3. The van der Waals surface area contributed by atoms with Gasteiger partial charge in [0.05, 0.1) is 16.2 Å². The van der Waals surface area contributed by atoms with E-state index in [4.69, 9.17) is 34.7 Å². The van der Waals surface area contributed by atoms with Crippen LogP contribution in [0.5, 0.6) is 0 Å². The molecule has 4 rings (SSSR count). The Kier molecular flexibility index (Phi) is 4.94. The van der Waals surface area contributed by atoms with Gasteiger partial charge >= 0.3 is 0 Å². The molecule has 1 spiro atoms. The van der Waals surface area contributed by atoms with Gasteiger partial charge in [-0.3, -0.25) is 0 Å². The monoisotopic (exact) mass is 409 g/mol. The van der Waals surface area contributed by atoms with E-state index in [1.165, 1.54) is 24.6 Å². The molecule has 0 bridgehead atoms. The summed E-state index contributed by atoms with van der Waals surface area (Å²) in [4.78, 5) is 12.2. The standard InChI is InChI=1S/C18H21Cl2N5S/c19-11-3-1-4-12(15(11)20)26-17-16(22)24-14(9-23-17)25-8-2-6-18(10-25)7-5-13(18)21/h1,3-4,9,13H,2,5-8,10,21H2,(H2,22,24)/t13-,18+/m1/s1. The fourth-order valence-electron chi connectivity index (χ4n) is 3.86. The topological polar surface area (TPSA) is 81.1 Å². The zero-order valence-corrected chi connectivity index (χ0v) is 16.6. The van der Waals surface area contributed by atoms with E-state index in [0.29, 0.717) is 26.9 Å². The molecule has 1 aliphatic heterocycles. The molecular formula is C18H21Cl2N5S. The Morgan fingerprint density at radius 1 is 1.27 bits per heavy atom. The van der Waals surface area contributed by atoms with Crippen molar-refractivity contribution in [1.29, 1.82) is 0 Å².